The first-order valence-electron chi connectivity index (χ1n) is 6.30. The maximum Gasteiger partial charge on any atom is 0.320 e. The van der Waals surface area contributed by atoms with Gasteiger partial charge in [-0.1, -0.05) is 25.9 Å². The molecule has 0 spiro atoms. The number of nitrogens with one attached hydrogen (secondary N) is 1. The van der Waals surface area contributed by atoms with E-state index in [2.05, 4.69) is 15.5 Å². The predicted molar refractivity (Wildman–Crippen MR) is 66.0 cm³/mol. The van der Waals surface area contributed by atoms with E-state index < -0.39 is 12.0 Å². The molecular formula is C12H21N3O3. The number of aryl methyl sites for hydroxylation is 1. The molecule has 0 bridgehead atoms. The summed E-state index contributed by atoms with van der Waals surface area (Å²) in [7, 11) is 0. The van der Waals surface area contributed by atoms with Gasteiger partial charge in [-0.2, -0.15) is 4.98 Å². The minimum absolute atomic E-state index is 0.316. The molecule has 1 atom stereocenters. The van der Waals surface area contributed by atoms with E-state index in [1.807, 2.05) is 20.8 Å². The number of rotatable bonds is 8. The molecule has 1 aromatic heterocycles. The van der Waals surface area contributed by atoms with Crippen LogP contribution in [0.25, 0.3) is 0 Å². The lowest BCUT2D eigenvalue weighted by molar-refractivity contribution is -0.140. The summed E-state index contributed by atoms with van der Waals surface area (Å²) in [6.45, 7) is 6.33. The highest BCUT2D eigenvalue weighted by Crippen LogP contribution is 2.06. The van der Waals surface area contributed by atoms with Gasteiger partial charge in [-0.3, -0.25) is 10.1 Å². The average Bonchev–Trinajstić information content (AvgIpc) is 2.72. The van der Waals surface area contributed by atoms with Crippen LogP contribution in [0.1, 0.15) is 45.3 Å². The molecule has 6 heteroatoms. The fourth-order valence-electron chi connectivity index (χ4n) is 1.63. The molecule has 0 radical (unpaired) electrons. The molecule has 102 valence electrons. The lowest BCUT2D eigenvalue weighted by Gasteiger charge is -2.14. The van der Waals surface area contributed by atoms with Gasteiger partial charge in [0.05, 0.1) is 6.54 Å². The quantitative estimate of drug-likeness (QED) is 0.733. The summed E-state index contributed by atoms with van der Waals surface area (Å²) in [6.07, 6.45) is 2.27. The van der Waals surface area contributed by atoms with Crippen LogP contribution in [0.2, 0.25) is 0 Å². The van der Waals surface area contributed by atoms with E-state index >= 15 is 0 Å². The van der Waals surface area contributed by atoms with E-state index in [0.717, 1.165) is 12.8 Å². The van der Waals surface area contributed by atoms with Crippen molar-refractivity contribution in [1.29, 1.82) is 0 Å². The molecular weight excluding hydrogens is 234 g/mol. The Morgan fingerprint density at radius 1 is 1.50 bits per heavy atom. The molecule has 1 rings (SSSR count). The van der Waals surface area contributed by atoms with Gasteiger partial charge in [0, 0.05) is 6.42 Å². The maximum absolute atomic E-state index is 11.0. The summed E-state index contributed by atoms with van der Waals surface area (Å²) < 4.78 is 5.03. The number of aliphatic carboxylic acids is 1. The van der Waals surface area contributed by atoms with Crippen LogP contribution < -0.4 is 5.32 Å². The Balaban J connectivity index is 2.47. The van der Waals surface area contributed by atoms with Crippen LogP contribution in [0, 0.1) is 5.92 Å². The molecule has 0 fully saturated rings. The van der Waals surface area contributed by atoms with Crippen LogP contribution in [0.15, 0.2) is 4.52 Å². The topological polar surface area (TPSA) is 88.2 Å². The number of carboxylic acid groups (broad SMARTS) is 1. The highest BCUT2D eigenvalue weighted by molar-refractivity contribution is 5.73. The number of aromatic nitrogens is 2. The van der Waals surface area contributed by atoms with Gasteiger partial charge in [0.25, 0.3) is 0 Å². The Morgan fingerprint density at radius 2 is 2.22 bits per heavy atom. The van der Waals surface area contributed by atoms with E-state index in [4.69, 9.17) is 9.63 Å². The van der Waals surface area contributed by atoms with Gasteiger partial charge in [-0.25, -0.2) is 0 Å². The third kappa shape index (κ3) is 4.83. The van der Waals surface area contributed by atoms with Crippen molar-refractivity contribution in [3.05, 3.63) is 11.7 Å². The van der Waals surface area contributed by atoms with Crippen LogP contribution in [-0.2, 0) is 17.8 Å². The normalized spacial score (nSPS) is 12.9. The zero-order chi connectivity index (χ0) is 13.5. The summed E-state index contributed by atoms with van der Waals surface area (Å²) in [5.41, 5.74) is 0. The summed E-state index contributed by atoms with van der Waals surface area (Å²) in [6, 6.07) is -0.571. The first-order valence-corrected chi connectivity index (χ1v) is 6.30. The van der Waals surface area contributed by atoms with E-state index in [1.54, 1.807) is 0 Å². The molecule has 0 aromatic carbocycles. The standard InChI is InChI=1S/C12H21N3O3/c1-4-5-11-14-10(15-18-11)7-13-9(12(16)17)6-8(2)3/h8-9,13H,4-7H2,1-3H3,(H,16,17). The van der Waals surface area contributed by atoms with Crippen LogP contribution >= 0.6 is 0 Å². The number of hydrogen-bond acceptors (Lipinski definition) is 5. The van der Waals surface area contributed by atoms with Crippen molar-refractivity contribution >= 4 is 5.97 Å². The fraction of sp³-hybridized carbons (Fsp3) is 0.750. The molecule has 1 heterocycles. The zero-order valence-electron chi connectivity index (χ0n) is 11.1. The molecule has 2 N–H and O–H groups in total. The minimum Gasteiger partial charge on any atom is -0.480 e. The van der Waals surface area contributed by atoms with Gasteiger partial charge >= 0.3 is 5.97 Å². The SMILES string of the molecule is CCCc1nc(CNC(CC(C)C)C(=O)O)no1. The molecule has 6 nitrogen and oxygen atoms in total. The van der Waals surface area contributed by atoms with Gasteiger partial charge < -0.3 is 9.63 Å². The zero-order valence-corrected chi connectivity index (χ0v) is 11.1. The van der Waals surface area contributed by atoms with Crippen LogP contribution in [0.5, 0.6) is 0 Å². The number of carboxylic acids is 1. The Labute approximate surface area is 107 Å². The first kappa shape index (κ1) is 14.6. The van der Waals surface area contributed by atoms with Crippen LogP contribution in [-0.4, -0.2) is 27.3 Å². The summed E-state index contributed by atoms with van der Waals surface area (Å²) in [5, 5.41) is 15.8. The second-order valence-corrected chi connectivity index (χ2v) is 4.76. The molecule has 18 heavy (non-hydrogen) atoms. The largest absolute Gasteiger partial charge is 0.480 e. The maximum atomic E-state index is 11.0. The average molecular weight is 255 g/mol. The second kappa shape index (κ2) is 7.10. The summed E-state index contributed by atoms with van der Waals surface area (Å²) >= 11 is 0. The Kier molecular flexibility index (Phi) is 5.77. The summed E-state index contributed by atoms with van der Waals surface area (Å²) in [5.74, 6) is 0.582. The lowest BCUT2D eigenvalue weighted by Crippen LogP contribution is -2.37. The molecule has 0 saturated carbocycles. The number of nitrogens with zero attached hydrogens (tertiary/aromatic N) is 2. The first-order chi connectivity index (χ1) is 8.52. The van der Waals surface area contributed by atoms with Gasteiger partial charge in [-0.05, 0) is 18.8 Å². The molecule has 0 aliphatic carbocycles. The third-order valence-electron chi connectivity index (χ3n) is 2.49. The van der Waals surface area contributed by atoms with Crippen molar-refractivity contribution in [3.8, 4) is 0 Å². The molecule has 1 aromatic rings. The van der Waals surface area contributed by atoms with Crippen molar-refractivity contribution in [3.63, 3.8) is 0 Å². The van der Waals surface area contributed by atoms with E-state index in [1.165, 1.54) is 0 Å². The van der Waals surface area contributed by atoms with Crippen molar-refractivity contribution < 1.29 is 14.4 Å². The smallest absolute Gasteiger partial charge is 0.320 e. The molecule has 0 aliphatic rings. The van der Waals surface area contributed by atoms with Crippen LogP contribution in [0.4, 0.5) is 0 Å². The number of hydrogen-bond donors (Lipinski definition) is 2. The second-order valence-electron chi connectivity index (χ2n) is 4.76. The van der Waals surface area contributed by atoms with Crippen molar-refractivity contribution in [2.75, 3.05) is 0 Å². The van der Waals surface area contributed by atoms with E-state index in [-0.39, 0.29) is 0 Å². The molecule has 1 unspecified atom stereocenters. The summed E-state index contributed by atoms with van der Waals surface area (Å²) in [4.78, 5) is 15.2. The van der Waals surface area contributed by atoms with E-state index in [0.29, 0.717) is 30.6 Å². The van der Waals surface area contributed by atoms with Crippen LogP contribution in [0.3, 0.4) is 0 Å². The lowest BCUT2D eigenvalue weighted by atomic mass is 10.0. The predicted octanol–water partition coefficient (Wildman–Crippen LogP) is 1.61. The highest BCUT2D eigenvalue weighted by atomic mass is 16.5. The van der Waals surface area contributed by atoms with Gasteiger partial charge in [0.2, 0.25) is 5.89 Å². The van der Waals surface area contributed by atoms with Crippen molar-refractivity contribution in [2.24, 2.45) is 5.92 Å². The Morgan fingerprint density at radius 3 is 2.78 bits per heavy atom. The minimum atomic E-state index is -0.846. The van der Waals surface area contributed by atoms with Crippen molar-refractivity contribution in [2.45, 2.75) is 52.6 Å². The Bertz CT molecular complexity index is 376. The fourth-order valence-corrected chi connectivity index (χ4v) is 1.63. The van der Waals surface area contributed by atoms with Gasteiger partial charge in [-0.15, -0.1) is 0 Å². The van der Waals surface area contributed by atoms with Gasteiger partial charge in [0.1, 0.15) is 6.04 Å². The van der Waals surface area contributed by atoms with E-state index in [9.17, 15) is 4.79 Å². The van der Waals surface area contributed by atoms with Crippen molar-refractivity contribution in [1.82, 2.24) is 15.5 Å². The molecule has 0 amide bonds. The molecule has 0 aliphatic heterocycles. The van der Waals surface area contributed by atoms with Gasteiger partial charge in [0.15, 0.2) is 5.82 Å². The molecule has 0 saturated heterocycles. The monoisotopic (exact) mass is 255 g/mol. The third-order valence-corrected chi connectivity index (χ3v) is 2.49. The highest BCUT2D eigenvalue weighted by Gasteiger charge is 2.19. The Hall–Kier alpha value is -1.43. The number of carbonyl (C=O) groups is 1.